The Kier molecular flexibility index (Phi) is 5.24. The summed E-state index contributed by atoms with van der Waals surface area (Å²) in [6.45, 7) is 5.71. The van der Waals surface area contributed by atoms with E-state index in [4.69, 9.17) is 17.2 Å². The Hall–Kier alpha value is -1.47. The number of aromatic nitrogens is 3. The van der Waals surface area contributed by atoms with E-state index in [2.05, 4.69) is 33.7 Å². The SMILES string of the molecule is CC(C)C(N)CCN(C)Cc1nc(N)nc(N)n1. The topological polar surface area (TPSA) is 120 Å². The highest BCUT2D eigenvalue weighted by Gasteiger charge is 2.10. The van der Waals surface area contributed by atoms with Gasteiger partial charge in [0.15, 0.2) is 0 Å². The average Bonchev–Trinajstić information content (AvgIpc) is 2.24. The molecule has 1 heterocycles. The Balaban J connectivity index is 2.46. The Morgan fingerprint density at radius 2 is 1.67 bits per heavy atom. The van der Waals surface area contributed by atoms with Crippen molar-refractivity contribution < 1.29 is 0 Å². The monoisotopic (exact) mass is 253 g/mol. The van der Waals surface area contributed by atoms with E-state index in [0.29, 0.717) is 18.3 Å². The summed E-state index contributed by atoms with van der Waals surface area (Å²) < 4.78 is 0. The molecule has 6 N–H and O–H groups in total. The van der Waals surface area contributed by atoms with Gasteiger partial charge in [0.05, 0.1) is 6.54 Å². The molecular weight excluding hydrogens is 230 g/mol. The standard InChI is InChI=1S/C11H23N7/c1-7(2)8(12)4-5-18(3)6-9-15-10(13)17-11(14)16-9/h7-8H,4-6,12H2,1-3H3,(H4,13,14,15,16,17). The van der Waals surface area contributed by atoms with E-state index >= 15 is 0 Å². The molecule has 0 saturated carbocycles. The quantitative estimate of drug-likeness (QED) is 0.644. The van der Waals surface area contributed by atoms with Gasteiger partial charge in [-0.15, -0.1) is 0 Å². The van der Waals surface area contributed by atoms with Gasteiger partial charge in [-0.05, 0) is 25.9 Å². The van der Waals surface area contributed by atoms with Crippen molar-refractivity contribution in [2.45, 2.75) is 32.9 Å². The van der Waals surface area contributed by atoms with Crippen molar-refractivity contribution in [2.75, 3.05) is 25.1 Å². The molecule has 18 heavy (non-hydrogen) atoms. The molecule has 0 radical (unpaired) electrons. The van der Waals surface area contributed by atoms with Crippen molar-refractivity contribution in [3.05, 3.63) is 5.82 Å². The van der Waals surface area contributed by atoms with Gasteiger partial charge in [0.1, 0.15) is 5.82 Å². The number of nitrogen functional groups attached to an aromatic ring is 2. The third kappa shape index (κ3) is 4.80. The van der Waals surface area contributed by atoms with Crippen molar-refractivity contribution >= 4 is 11.9 Å². The molecule has 0 spiro atoms. The molecule has 0 aliphatic carbocycles. The first-order chi connectivity index (χ1) is 8.38. The number of hydrogen-bond donors (Lipinski definition) is 3. The van der Waals surface area contributed by atoms with Crippen LogP contribution in [0.15, 0.2) is 0 Å². The van der Waals surface area contributed by atoms with Crippen LogP contribution in [0.5, 0.6) is 0 Å². The predicted molar refractivity (Wildman–Crippen MR) is 72.4 cm³/mol. The second kappa shape index (κ2) is 6.46. The first-order valence-electron chi connectivity index (χ1n) is 6.08. The summed E-state index contributed by atoms with van der Waals surface area (Å²) in [5.74, 6) is 1.39. The lowest BCUT2D eigenvalue weighted by molar-refractivity contribution is 0.290. The van der Waals surface area contributed by atoms with E-state index in [1.807, 2.05) is 7.05 Å². The number of rotatable bonds is 6. The minimum Gasteiger partial charge on any atom is -0.368 e. The van der Waals surface area contributed by atoms with E-state index in [-0.39, 0.29) is 17.9 Å². The Labute approximate surface area is 108 Å². The number of nitrogens with two attached hydrogens (primary N) is 3. The summed E-state index contributed by atoms with van der Waals surface area (Å²) in [6.07, 6.45) is 0.935. The van der Waals surface area contributed by atoms with Crippen molar-refractivity contribution in [1.29, 1.82) is 0 Å². The maximum absolute atomic E-state index is 6.00. The van der Waals surface area contributed by atoms with Crippen LogP contribution >= 0.6 is 0 Å². The van der Waals surface area contributed by atoms with Gasteiger partial charge in [0.2, 0.25) is 11.9 Å². The van der Waals surface area contributed by atoms with Gasteiger partial charge in [0.25, 0.3) is 0 Å². The molecule has 1 unspecified atom stereocenters. The molecule has 7 nitrogen and oxygen atoms in total. The molecule has 0 aliphatic rings. The molecule has 1 aromatic rings. The summed E-state index contributed by atoms with van der Waals surface area (Å²) in [4.78, 5) is 13.9. The fourth-order valence-electron chi connectivity index (χ4n) is 1.55. The lowest BCUT2D eigenvalue weighted by Crippen LogP contribution is -2.32. The van der Waals surface area contributed by atoms with Gasteiger partial charge in [-0.25, -0.2) is 0 Å². The van der Waals surface area contributed by atoms with Crippen LogP contribution in [-0.4, -0.2) is 39.5 Å². The Bertz CT molecular complexity index is 359. The van der Waals surface area contributed by atoms with Crippen molar-refractivity contribution in [2.24, 2.45) is 11.7 Å². The number of hydrogen-bond acceptors (Lipinski definition) is 7. The van der Waals surface area contributed by atoms with Gasteiger partial charge in [-0.3, -0.25) is 4.90 Å². The first kappa shape index (κ1) is 14.6. The summed E-state index contributed by atoms with van der Waals surface area (Å²) in [6, 6.07) is 0.209. The van der Waals surface area contributed by atoms with E-state index in [1.54, 1.807) is 0 Å². The highest BCUT2D eigenvalue weighted by Crippen LogP contribution is 2.06. The van der Waals surface area contributed by atoms with Crippen molar-refractivity contribution in [3.63, 3.8) is 0 Å². The van der Waals surface area contributed by atoms with E-state index in [0.717, 1.165) is 13.0 Å². The molecule has 1 aromatic heterocycles. The van der Waals surface area contributed by atoms with Crippen LogP contribution in [0.4, 0.5) is 11.9 Å². The average molecular weight is 253 g/mol. The molecule has 1 rings (SSSR count). The van der Waals surface area contributed by atoms with Crippen molar-refractivity contribution in [3.8, 4) is 0 Å². The van der Waals surface area contributed by atoms with Crippen LogP contribution in [0.3, 0.4) is 0 Å². The van der Waals surface area contributed by atoms with Gasteiger partial charge < -0.3 is 17.2 Å². The summed E-state index contributed by atoms with van der Waals surface area (Å²) in [5.41, 5.74) is 17.0. The smallest absolute Gasteiger partial charge is 0.225 e. The molecule has 0 amide bonds. The van der Waals surface area contributed by atoms with Gasteiger partial charge in [-0.1, -0.05) is 13.8 Å². The lowest BCUT2D eigenvalue weighted by atomic mass is 10.0. The van der Waals surface area contributed by atoms with E-state index < -0.39 is 0 Å². The molecule has 0 aromatic carbocycles. The molecule has 0 fully saturated rings. The van der Waals surface area contributed by atoms with Crippen LogP contribution in [0.2, 0.25) is 0 Å². The maximum Gasteiger partial charge on any atom is 0.225 e. The zero-order valence-electron chi connectivity index (χ0n) is 11.3. The van der Waals surface area contributed by atoms with Gasteiger partial charge in [-0.2, -0.15) is 15.0 Å². The predicted octanol–water partition coefficient (Wildman–Crippen LogP) is -0.159. The molecular formula is C11H23N7. The van der Waals surface area contributed by atoms with Crippen LogP contribution in [0.25, 0.3) is 0 Å². The molecule has 1 atom stereocenters. The molecule has 0 aliphatic heterocycles. The largest absolute Gasteiger partial charge is 0.368 e. The zero-order chi connectivity index (χ0) is 13.7. The maximum atomic E-state index is 6.00. The molecule has 0 bridgehead atoms. The number of anilines is 2. The minimum atomic E-state index is 0.157. The van der Waals surface area contributed by atoms with Gasteiger partial charge >= 0.3 is 0 Å². The van der Waals surface area contributed by atoms with Crippen LogP contribution in [0, 0.1) is 5.92 Å². The minimum absolute atomic E-state index is 0.157. The second-order valence-corrected chi connectivity index (χ2v) is 4.90. The summed E-state index contributed by atoms with van der Waals surface area (Å²) in [5, 5.41) is 0. The first-order valence-corrected chi connectivity index (χ1v) is 6.08. The van der Waals surface area contributed by atoms with Crippen LogP contribution < -0.4 is 17.2 Å². The fourth-order valence-corrected chi connectivity index (χ4v) is 1.55. The van der Waals surface area contributed by atoms with Crippen LogP contribution in [0.1, 0.15) is 26.1 Å². The third-order valence-electron chi connectivity index (χ3n) is 2.83. The third-order valence-corrected chi connectivity index (χ3v) is 2.83. The Morgan fingerprint density at radius 3 is 2.17 bits per heavy atom. The second-order valence-electron chi connectivity index (χ2n) is 4.90. The highest BCUT2D eigenvalue weighted by molar-refractivity contribution is 5.25. The summed E-state index contributed by atoms with van der Waals surface area (Å²) in [7, 11) is 1.99. The fraction of sp³-hybridized carbons (Fsp3) is 0.727. The Morgan fingerprint density at radius 1 is 1.11 bits per heavy atom. The zero-order valence-corrected chi connectivity index (χ0v) is 11.3. The van der Waals surface area contributed by atoms with Crippen LogP contribution in [-0.2, 0) is 6.54 Å². The summed E-state index contributed by atoms with van der Waals surface area (Å²) >= 11 is 0. The van der Waals surface area contributed by atoms with Gasteiger partial charge in [0, 0.05) is 6.04 Å². The molecule has 102 valence electrons. The number of nitrogens with zero attached hydrogens (tertiary/aromatic N) is 4. The molecule has 0 saturated heterocycles. The van der Waals surface area contributed by atoms with E-state index in [9.17, 15) is 0 Å². The lowest BCUT2D eigenvalue weighted by Gasteiger charge is -2.20. The normalized spacial score (nSPS) is 13.2. The highest BCUT2D eigenvalue weighted by atomic mass is 15.2. The molecule has 7 heteroatoms. The van der Waals surface area contributed by atoms with E-state index in [1.165, 1.54) is 0 Å². The van der Waals surface area contributed by atoms with Crippen molar-refractivity contribution in [1.82, 2.24) is 19.9 Å².